The van der Waals surface area contributed by atoms with Gasteiger partial charge in [0.05, 0.1) is 6.42 Å². The number of halogens is 2. The lowest BCUT2D eigenvalue weighted by atomic mass is 10.1. The van der Waals surface area contributed by atoms with Gasteiger partial charge in [0.25, 0.3) is 0 Å². The highest BCUT2D eigenvalue weighted by Crippen LogP contribution is 2.22. The molecule has 3 nitrogen and oxygen atoms in total. The van der Waals surface area contributed by atoms with Gasteiger partial charge < -0.3 is 5.11 Å². The van der Waals surface area contributed by atoms with Crippen LogP contribution in [0, 0.1) is 0 Å². The molecule has 15 heavy (non-hydrogen) atoms. The van der Waals surface area contributed by atoms with Crippen LogP contribution in [-0.2, 0) is 4.79 Å². The number of rotatable bonds is 4. The summed E-state index contributed by atoms with van der Waals surface area (Å²) in [7, 11) is 0. The van der Waals surface area contributed by atoms with Gasteiger partial charge in [-0.15, -0.1) is 0 Å². The summed E-state index contributed by atoms with van der Waals surface area (Å²) in [5.74, 6) is -1.19. The van der Waals surface area contributed by atoms with Crippen LogP contribution in [0.15, 0.2) is 22.7 Å². The van der Waals surface area contributed by atoms with Crippen molar-refractivity contribution in [2.45, 2.75) is 12.8 Å². The van der Waals surface area contributed by atoms with Gasteiger partial charge in [-0.25, -0.2) is 0 Å². The number of carboxylic acids is 1. The van der Waals surface area contributed by atoms with Crippen LogP contribution in [0.5, 0.6) is 0 Å². The third kappa shape index (κ3) is 3.64. The molecular formula is C10H8BrClO3. The van der Waals surface area contributed by atoms with Crippen LogP contribution in [0.1, 0.15) is 23.2 Å². The molecule has 5 heteroatoms. The molecule has 0 atom stereocenters. The normalized spacial score (nSPS) is 10.0. The van der Waals surface area contributed by atoms with Gasteiger partial charge >= 0.3 is 5.97 Å². The Morgan fingerprint density at radius 3 is 2.53 bits per heavy atom. The van der Waals surface area contributed by atoms with Crippen molar-refractivity contribution in [2.24, 2.45) is 0 Å². The maximum atomic E-state index is 11.5. The summed E-state index contributed by atoms with van der Waals surface area (Å²) in [5, 5.41) is 8.96. The smallest absolute Gasteiger partial charge is 0.303 e. The standard InChI is InChI=1S/C10H8BrClO3/c11-8-5-6(12)1-2-7(8)9(13)3-4-10(14)15/h1-2,5H,3-4H2,(H,14,15). The van der Waals surface area contributed by atoms with E-state index < -0.39 is 5.97 Å². The SMILES string of the molecule is O=C(O)CCC(=O)c1ccc(Cl)cc1Br. The zero-order valence-electron chi connectivity index (χ0n) is 7.67. The van der Waals surface area contributed by atoms with Crippen molar-refractivity contribution in [1.29, 1.82) is 0 Å². The van der Waals surface area contributed by atoms with E-state index in [0.717, 1.165) is 0 Å². The third-order valence-electron chi connectivity index (χ3n) is 1.80. The highest BCUT2D eigenvalue weighted by Gasteiger charge is 2.11. The Bertz CT molecular complexity index is 404. The number of hydrogen-bond donors (Lipinski definition) is 1. The molecule has 0 unspecified atom stereocenters. The van der Waals surface area contributed by atoms with Gasteiger partial charge in [-0.3, -0.25) is 9.59 Å². The Hall–Kier alpha value is -0.870. The molecule has 1 rings (SSSR count). The van der Waals surface area contributed by atoms with E-state index in [0.29, 0.717) is 15.1 Å². The van der Waals surface area contributed by atoms with Crippen LogP contribution < -0.4 is 0 Å². The third-order valence-corrected chi connectivity index (χ3v) is 2.69. The van der Waals surface area contributed by atoms with Crippen LogP contribution in [0.2, 0.25) is 5.02 Å². The van der Waals surface area contributed by atoms with Crippen LogP contribution >= 0.6 is 27.5 Å². The topological polar surface area (TPSA) is 54.4 Å². The monoisotopic (exact) mass is 290 g/mol. The quantitative estimate of drug-likeness (QED) is 0.867. The molecule has 0 radical (unpaired) electrons. The average Bonchev–Trinajstić information content (AvgIpc) is 2.14. The summed E-state index contributed by atoms with van der Waals surface area (Å²) in [6, 6.07) is 4.78. The van der Waals surface area contributed by atoms with Crippen LogP contribution in [0.3, 0.4) is 0 Å². The van der Waals surface area contributed by atoms with Crippen molar-refractivity contribution in [1.82, 2.24) is 0 Å². The van der Waals surface area contributed by atoms with Crippen LogP contribution in [0.25, 0.3) is 0 Å². The van der Waals surface area contributed by atoms with Crippen molar-refractivity contribution < 1.29 is 14.7 Å². The van der Waals surface area contributed by atoms with Gasteiger partial charge in [-0.1, -0.05) is 11.6 Å². The van der Waals surface area contributed by atoms with Crippen molar-refractivity contribution in [3.63, 3.8) is 0 Å². The highest BCUT2D eigenvalue weighted by molar-refractivity contribution is 9.10. The van der Waals surface area contributed by atoms with E-state index in [-0.39, 0.29) is 18.6 Å². The molecular weight excluding hydrogens is 283 g/mol. The lowest BCUT2D eigenvalue weighted by Crippen LogP contribution is -2.04. The summed E-state index contributed by atoms with van der Waals surface area (Å²) < 4.78 is 0.588. The predicted octanol–water partition coefficient (Wildman–Crippen LogP) is 3.15. The number of aliphatic carboxylic acids is 1. The zero-order chi connectivity index (χ0) is 11.4. The molecule has 1 N–H and O–H groups in total. The molecule has 1 aromatic rings. The molecule has 0 aliphatic carbocycles. The van der Waals surface area contributed by atoms with Gasteiger partial charge in [-0.2, -0.15) is 0 Å². The molecule has 0 heterocycles. The lowest BCUT2D eigenvalue weighted by Gasteiger charge is -2.02. The largest absolute Gasteiger partial charge is 0.481 e. The molecule has 0 bridgehead atoms. The zero-order valence-corrected chi connectivity index (χ0v) is 10.0. The number of benzene rings is 1. The van der Waals surface area contributed by atoms with Crippen molar-refractivity contribution in [3.05, 3.63) is 33.3 Å². The van der Waals surface area contributed by atoms with Crippen LogP contribution in [-0.4, -0.2) is 16.9 Å². The number of ketones is 1. The van der Waals surface area contributed by atoms with E-state index in [1.54, 1.807) is 18.2 Å². The fourth-order valence-corrected chi connectivity index (χ4v) is 1.97. The first-order valence-corrected chi connectivity index (χ1v) is 5.38. The minimum Gasteiger partial charge on any atom is -0.481 e. The second-order valence-corrected chi connectivity index (χ2v) is 4.23. The number of hydrogen-bond acceptors (Lipinski definition) is 2. The van der Waals surface area contributed by atoms with Gasteiger partial charge in [-0.05, 0) is 34.1 Å². The first kappa shape index (κ1) is 12.2. The molecule has 0 spiro atoms. The van der Waals surface area contributed by atoms with Gasteiger partial charge in [0, 0.05) is 21.5 Å². The molecule has 0 aliphatic heterocycles. The number of carbonyl (C=O) groups excluding carboxylic acids is 1. The molecule has 80 valence electrons. The second kappa shape index (κ2) is 5.28. The van der Waals surface area contributed by atoms with E-state index in [1.165, 1.54) is 0 Å². The summed E-state index contributed by atoms with van der Waals surface area (Å²) >= 11 is 8.92. The van der Waals surface area contributed by atoms with Crippen molar-refractivity contribution in [3.8, 4) is 0 Å². The fraction of sp³-hybridized carbons (Fsp3) is 0.200. The van der Waals surface area contributed by atoms with E-state index >= 15 is 0 Å². The fourth-order valence-electron chi connectivity index (χ4n) is 1.07. The summed E-state index contributed by atoms with van der Waals surface area (Å²) in [6.45, 7) is 0. The molecule has 0 aromatic heterocycles. The van der Waals surface area contributed by atoms with Crippen molar-refractivity contribution >= 4 is 39.3 Å². The van der Waals surface area contributed by atoms with Gasteiger partial charge in [0.2, 0.25) is 0 Å². The Kier molecular flexibility index (Phi) is 4.29. The highest BCUT2D eigenvalue weighted by atomic mass is 79.9. The number of carbonyl (C=O) groups is 2. The van der Waals surface area contributed by atoms with Crippen LogP contribution in [0.4, 0.5) is 0 Å². The molecule has 0 fully saturated rings. The first-order valence-electron chi connectivity index (χ1n) is 4.20. The summed E-state index contributed by atoms with van der Waals surface area (Å²) in [4.78, 5) is 21.8. The summed E-state index contributed by atoms with van der Waals surface area (Å²) in [5.41, 5.74) is 0.459. The molecule has 0 amide bonds. The maximum absolute atomic E-state index is 11.5. The molecule has 0 saturated heterocycles. The number of Topliss-reactive ketones (excluding diaryl/α,β-unsaturated/α-hetero) is 1. The average molecular weight is 292 g/mol. The Labute approximate surface area is 100 Å². The second-order valence-electron chi connectivity index (χ2n) is 2.94. The Morgan fingerprint density at radius 1 is 1.33 bits per heavy atom. The minimum atomic E-state index is -0.978. The van der Waals surface area contributed by atoms with E-state index in [4.69, 9.17) is 16.7 Å². The first-order chi connectivity index (χ1) is 7.00. The molecule has 0 saturated carbocycles. The number of carboxylic acid groups (broad SMARTS) is 1. The van der Waals surface area contributed by atoms with E-state index in [2.05, 4.69) is 15.9 Å². The molecule has 1 aromatic carbocycles. The summed E-state index contributed by atoms with van der Waals surface area (Å²) in [6.07, 6.45) is -0.163. The van der Waals surface area contributed by atoms with E-state index in [9.17, 15) is 9.59 Å². The van der Waals surface area contributed by atoms with Crippen molar-refractivity contribution in [2.75, 3.05) is 0 Å². The predicted molar refractivity (Wildman–Crippen MR) is 60.4 cm³/mol. The Balaban J connectivity index is 2.78. The van der Waals surface area contributed by atoms with E-state index in [1.807, 2.05) is 0 Å². The molecule has 0 aliphatic rings. The van der Waals surface area contributed by atoms with Gasteiger partial charge in [0.1, 0.15) is 0 Å². The minimum absolute atomic E-state index is 0.00440. The van der Waals surface area contributed by atoms with Gasteiger partial charge in [0.15, 0.2) is 5.78 Å². The Morgan fingerprint density at radius 2 is 2.00 bits per heavy atom. The maximum Gasteiger partial charge on any atom is 0.303 e. The lowest BCUT2D eigenvalue weighted by molar-refractivity contribution is -0.136.